The molecule has 0 aliphatic carbocycles. The fraction of sp³-hybridized carbons (Fsp3) is 0.647. The van der Waals surface area contributed by atoms with E-state index in [1.165, 1.54) is 0 Å². The molecular weight excluding hydrogens is 303 g/mol. The standard InChI is InChI=1S/C17H24F3N3/c18-17(19,20)16(7-6-14-4-2-1-3-5-14)21-12-15-13-22-8-10-23(15)11-9-22/h1-5,15-16,21H,6-13H2/t15-,16-/m0/s1. The van der Waals surface area contributed by atoms with E-state index in [1.807, 2.05) is 30.3 Å². The number of hydrogen-bond donors (Lipinski definition) is 1. The van der Waals surface area contributed by atoms with Crippen molar-refractivity contribution in [3.05, 3.63) is 35.9 Å². The van der Waals surface area contributed by atoms with Gasteiger partial charge in [-0.1, -0.05) is 30.3 Å². The first-order valence-corrected chi connectivity index (χ1v) is 8.33. The maximum Gasteiger partial charge on any atom is 0.403 e. The van der Waals surface area contributed by atoms with Crippen LogP contribution in [0.15, 0.2) is 30.3 Å². The molecule has 3 heterocycles. The molecule has 1 aromatic rings. The lowest BCUT2D eigenvalue weighted by Crippen LogP contribution is -2.64. The maximum absolute atomic E-state index is 13.3. The summed E-state index contributed by atoms with van der Waals surface area (Å²) in [4.78, 5) is 4.66. The first-order valence-electron chi connectivity index (χ1n) is 8.33. The number of piperazine rings is 3. The first-order chi connectivity index (χ1) is 11.0. The number of rotatable bonds is 6. The van der Waals surface area contributed by atoms with Gasteiger partial charge in [0.2, 0.25) is 0 Å². The lowest BCUT2D eigenvalue weighted by Gasteiger charge is -2.47. The van der Waals surface area contributed by atoms with Gasteiger partial charge in [0.25, 0.3) is 0 Å². The van der Waals surface area contributed by atoms with Crippen molar-refractivity contribution in [2.75, 3.05) is 39.3 Å². The number of halogens is 3. The van der Waals surface area contributed by atoms with Gasteiger partial charge in [-0.15, -0.1) is 0 Å². The Bertz CT molecular complexity index is 484. The van der Waals surface area contributed by atoms with Crippen LogP contribution in [0.4, 0.5) is 13.2 Å². The van der Waals surface area contributed by atoms with Crippen molar-refractivity contribution in [1.29, 1.82) is 0 Å². The predicted molar refractivity (Wildman–Crippen MR) is 84.4 cm³/mol. The van der Waals surface area contributed by atoms with Crippen molar-refractivity contribution in [3.63, 3.8) is 0 Å². The maximum atomic E-state index is 13.3. The Morgan fingerprint density at radius 1 is 1.09 bits per heavy atom. The number of benzene rings is 1. The molecule has 0 spiro atoms. The second-order valence-electron chi connectivity index (χ2n) is 6.52. The van der Waals surface area contributed by atoms with E-state index in [0.29, 0.717) is 13.0 Å². The van der Waals surface area contributed by atoms with E-state index in [4.69, 9.17) is 0 Å². The SMILES string of the molecule is FC(F)(F)[C@H](CCc1ccccc1)NC[C@H]1CN2CCN1CC2. The van der Waals surface area contributed by atoms with Gasteiger partial charge in [0, 0.05) is 45.3 Å². The molecule has 0 amide bonds. The second kappa shape index (κ2) is 7.20. The third-order valence-electron chi connectivity index (χ3n) is 4.95. The molecule has 0 unspecified atom stereocenters. The molecule has 0 radical (unpaired) electrons. The van der Waals surface area contributed by atoms with E-state index in [1.54, 1.807) is 0 Å². The number of nitrogens with one attached hydrogen (secondary N) is 1. The second-order valence-corrected chi connectivity index (χ2v) is 6.52. The third-order valence-corrected chi connectivity index (χ3v) is 4.95. The van der Waals surface area contributed by atoms with E-state index in [2.05, 4.69) is 15.1 Å². The van der Waals surface area contributed by atoms with Gasteiger partial charge in [0.05, 0.1) is 0 Å². The molecule has 0 saturated carbocycles. The molecule has 3 aliphatic rings. The summed E-state index contributed by atoms with van der Waals surface area (Å²) in [5, 5.41) is 2.79. The van der Waals surface area contributed by atoms with Crippen LogP contribution in [0, 0.1) is 0 Å². The minimum Gasteiger partial charge on any atom is -0.305 e. The molecule has 4 rings (SSSR count). The molecule has 2 bridgehead atoms. The fourth-order valence-corrected chi connectivity index (χ4v) is 3.53. The van der Waals surface area contributed by atoms with Crippen LogP contribution in [0.2, 0.25) is 0 Å². The number of fused-ring (bicyclic) bond motifs is 3. The monoisotopic (exact) mass is 327 g/mol. The molecule has 3 nitrogen and oxygen atoms in total. The van der Waals surface area contributed by atoms with Crippen LogP contribution >= 0.6 is 0 Å². The molecule has 3 saturated heterocycles. The van der Waals surface area contributed by atoms with Gasteiger partial charge >= 0.3 is 6.18 Å². The lowest BCUT2D eigenvalue weighted by molar-refractivity contribution is -0.158. The predicted octanol–water partition coefficient (Wildman–Crippen LogP) is 2.14. The highest BCUT2D eigenvalue weighted by Gasteiger charge is 2.40. The highest BCUT2D eigenvalue weighted by molar-refractivity contribution is 5.14. The highest BCUT2D eigenvalue weighted by Crippen LogP contribution is 2.24. The fourth-order valence-electron chi connectivity index (χ4n) is 3.53. The summed E-state index contributed by atoms with van der Waals surface area (Å²) in [6.45, 7) is 5.35. The van der Waals surface area contributed by atoms with Crippen LogP contribution in [0.3, 0.4) is 0 Å². The molecule has 3 aliphatic heterocycles. The van der Waals surface area contributed by atoms with Crippen LogP contribution in [-0.4, -0.2) is 67.3 Å². The molecule has 3 fully saturated rings. The molecular formula is C17H24F3N3. The lowest BCUT2D eigenvalue weighted by atomic mass is 10.0. The molecule has 2 atom stereocenters. The molecule has 0 aromatic heterocycles. The minimum atomic E-state index is -4.20. The summed E-state index contributed by atoms with van der Waals surface area (Å²) >= 11 is 0. The normalized spacial score (nSPS) is 28.7. The van der Waals surface area contributed by atoms with Gasteiger partial charge < -0.3 is 5.32 Å². The van der Waals surface area contributed by atoms with Crippen LogP contribution in [0.1, 0.15) is 12.0 Å². The molecule has 1 aromatic carbocycles. The van der Waals surface area contributed by atoms with E-state index in [-0.39, 0.29) is 12.5 Å². The molecule has 6 heteroatoms. The Balaban J connectivity index is 1.52. The zero-order valence-electron chi connectivity index (χ0n) is 13.2. The van der Waals surface area contributed by atoms with Crippen molar-refractivity contribution < 1.29 is 13.2 Å². The zero-order valence-corrected chi connectivity index (χ0v) is 13.2. The molecule has 128 valence electrons. The van der Waals surface area contributed by atoms with Crippen LogP contribution < -0.4 is 5.32 Å². The Morgan fingerprint density at radius 3 is 2.35 bits per heavy atom. The Morgan fingerprint density at radius 2 is 1.78 bits per heavy atom. The van der Waals surface area contributed by atoms with E-state index >= 15 is 0 Å². The largest absolute Gasteiger partial charge is 0.403 e. The van der Waals surface area contributed by atoms with Crippen LogP contribution in [0.25, 0.3) is 0 Å². The Kier molecular flexibility index (Phi) is 5.24. The van der Waals surface area contributed by atoms with Gasteiger partial charge in [0.1, 0.15) is 6.04 Å². The van der Waals surface area contributed by atoms with Crippen LogP contribution in [-0.2, 0) is 6.42 Å². The van der Waals surface area contributed by atoms with Gasteiger partial charge in [0.15, 0.2) is 0 Å². The highest BCUT2D eigenvalue weighted by atomic mass is 19.4. The van der Waals surface area contributed by atoms with E-state index < -0.39 is 12.2 Å². The van der Waals surface area contributed by atoms with E-state index in [0.717, 1.165) is 38.3 Å². The summed E-state index contributed by atoms with van der Waals surface area (Å²) in [5.74, 6) is 0. The smallest absolute Gasteiger partial charge is 0.305 e. The topological polar surface area (TPSA) is 18.5 Å². The number of aryl methyl sites for hydroxylation is 1. The summed E-state index contributed by atoms with van der Waals surface area (Å²) in [6, 6.07) is 8.15. The number of nitrogens with zero attached hydrogens (tertiary/aromatic N) is 2. The molecule has 23 heavy (non-hydrogen) atoms. The van der Waals surface area contributed by atoms with E-state index in [9.17, 15) is 13.2 Å². The summed E-state index contributed by atoms with van der Waals surface area (Å²) in [5.41, 5.74) is 0.954. The van der Waals surface area contributed by atoms with Crippen molar-refractivity contribution in [1.82, 2.24) is 15.1 Å². The van der Waals surface area contributed by atoms with Crippen molar-refractivity contribution >= 4 is 0 Å². The summed E-state index contributed by atoms with van der Waals surface area (Å²) in [6.07, 6.45) is -3.67. The minimum absolute atomic E-state index is 0.0872. The van der Waals surface area contributed by atoms with Crippen molar-refractivity contribution in [3.8, 4) is 0 Å². The average molecular weight is 327 g/mol. The number of alkyl halides is 3. The zero-order chi connectivity index (χ0) is 16.3. The summed E-state index contributed by atoms with van der Waals surface area (Å²) in [7, 11) is 0. The van der Waals surface area contributed by atoms with Crippen LogP contribution in [0.5, 0.6) is 0 Å². The summed E-state index contributed by atoms with van der Waals surface area (Å²) < 4.78 is 39.8. The van der Waals surface area contributed by atoms with Gasteiger partial charge in [-0.3, -0.25) is 9.80 Å². The number of hydrogen-bond acceptors (Lipinski definition) is 3. The van der Waals surface area contributed by atoms with Crippen molar-refractivity contribution in [2.24, 2.45) is 0 Å². The Labute approximate surface area is 135 Å². The van der Waals surface area contributed by atoms with Gasteiger partial charge in [-0.05, 0) is 18.4 Å². The Hall–Kier alpha value is -1.11. The molecule has 1 N–H and O–H groups in total. The van der Waals surface area contributed by atoms with Crippen molar-refractivity contribution in [2.45, 2.75) is 31.1 Å². The first kappa shape index (κ1) is 16.7. The average Bonchev–Trinajstić information content (AvgIpc) is 2.55. The quantitative estimate of drug-likeness (QED) is 0.864. The third kappa shape index (κ3) is 4.46. The van der Waals surface area contributed by atoms with Gasteiger partial charge in [-0.25, -0.2) is 0 Å². The van der Waals surface area contributed by atoms with Gasteiger partial charge in [-0.2, -0.15) is 13.2 Å².